The summed E-state index contributed by atoms with van der Waals surface area (Å²) in [6, 6.07) is 16.6. The average Bonchev–Trinajstić information content (AvgIpc) is 3.28. The second-order valence-corrected chi connectivity index (χ2v) is 18.3. The second-order valence-electron chi connectivity index (χ2n) is 18.3. The summed E-state index contributed by atoms with van der Waals surface area (Å²) in [6.07, 6.45) is 34.6. The highest BCUT2D eigenvalue weighted by atomic mass is 16.5. The standard InChI is InChI=1S/C56H96N2O4/c1-5-9-13-17-21-29-41-57(42-30-22-18-14-10-6-2)45-33-37-53(59)49-61-47-51-35-25-27-39-55(51)56-40-28-26-36-52(56)48-62-50-54(60)38-34-46-58(43-31-23-19-15-11-7-3)44-32-24-20-16-12-8-4/h25-28,35-36,39-40H,5-24,29-34,37-38,41-50H2,1-4H3. The Morgan fingerprint density at radius 1 is 0.371 bits per heavy atom. The van der Waals surface area contributed by atoms with Crippen LogP contribution >= 0.6 is 0 Å². The molecular formula is C56H96N2O4. The first-order valence-electron chi connectivity index (χ1n) is 26.3. The first-order chi connectivity index (χ1) is 30.5. The molecule has 0 aromatic heterocycles. The van der Waals surface area contributed by atoms with Crippen LogP contribution in [-0.2, 0) is 32.3 Å². The average molecular weight is 861 g/mol. The molecule has 0 aliphatic heterocycles. The number of rotatable bonds is 45. The van der Waals surface area contributed by atoms with Crippen LogP contribution in [0.3, 0.4) is 0 Å². The topological polar surface area (TPSA) is 59.1 Å². The van der Waals surface area contributed by atoms with Gasteiger partial charge in [0.1, 0.15) is 13.2 Å². The van der Waals surface area contributed by atoms with E-state index in [1.54, 1.807) is 0 Å². The second kappa shape index (κ2) is 40.2. The molecule has 0 aliphatic rings. The van der Waals surface area contributed by atoms with Gasteiger partial charge in [-0.1, -0.05) is 205 Å². The minimum Gasteiger partial charge on any atom is -0.369 e. The van der Waals surface area contributed by atoms with E-state index < -0.39 is 0 Å². The summed E-state index contributed by atoms with van der Waals surface area (Å²) < 4.78 is 12.1. The summed E-state index contributed by atoms with van der Waals surface area (Å²) in [5.41, 5.74) is 4.28. The number of nitrogens with zero attached hydrogens (tertiary/aromatic N) is 2. The predicted molar refractivity (Wildman–Crippen MR) is 266 cm³/mol. The van der Waals surface area contributed by atoms with Crippen molar-refractivity contribution in [3.8, 4) is 11.1 Å². The van der Waals surface area contributed by atoms with E-state index in [1.807, 2.05) is 12.1 Å². The Hall–Kier alpha value is -2.38. The van der Waals surface area contributed by atoms with Crippen LogP contribution in [0.25, 0.3) is 11.1 Å². The fourth-order valence-corrected chi connectivity index (χ4v) is 8.65. The molecule has 0 bridgehead atoms. The van der Waals surface area contributed by atoms with Crippen molar-refractivity contribution < 1.29 is 19.1 Å². The number of benzene rings is 2. The maximum Gasteiger partial charge on any atom is 0.158 e. The van der Waals surface area contributed by atoms with Crippen molar-refractivity contribution in [1.82, 2.24) is 9.80 Å². The number of ether oxygens (including phenoxy) is 2. The Morgan fingerprint density at radius 2 is 0.645 bits per heavy atom. The summed E-state index contributed by atoms with van der Waals surface area (Å²) in [4.78, 5) is 31.2. The maximum absolute atomic E-state index is 13.0. The minimum atomic E-state index is 0.145. The Balaban J connectivity index is 1.81. The monoisotopic (exact) mass is 861 g/mol. The highest BCUT2D eigenvalue weighted by Crippen LogP contribution is 2.28. The van der Waals surface area contributed by atoms with Gasteiger partial charge in [-0.3, -0.25) is 9.59 Å². The lowest BCUT2D eigenvalue weighted by molar-refractivity contribution is -0.124. The number of carbonyl (C=O) groups excluding carboxylic acids is 2. The molecule has 0 spiro atoms. The van der Waals surface area contributed by atoms with E-state index in [0.29, 0.717) is 26.1 Å². The zero-order valence-electron chi connectivity index (χ0n) is 41.0. The van der Waals surface area contributed by atoms with E-state index in [1.165, 1.54) is 154 Å². The smallest absolute Gasteiger partial charge is 0.158 e. The Morgan fingerprint density at radius 3 is 0.968 bits per heavy atom. The molecule has 0 saturated heterocycles. The van der Waals surface area contributed by atoms with Crippen LogP contribution in [0.2, 0.25) is 0 Å². The summed E-state index contributed by atoms with van der Waals surface area (Å²) in [5, 5.41) is 0. The Labute approximate surface area is 383 Å². The SMILES string of the molecule is CCCCCCCCN(CCCCCCCC)CCCC(=O)COCc1ccccc1-c1ccccc1COCC(=O)CCCN(CCCCCCCC)CCCCCCCC. The molecule has 354 valence electrons. The van der Waals surface area contributed by atoms with Gasteiger partial charge in [0.25, 0.3) is 0 Å². The highest BCUT2D eigenvalue weighted by Gasteiger charge is 2.13. The summed E-state index contributed by atoms with van der Waals surface area (Å²) in [7, 11) is 0. The first kappa shape index (κ1) is 55.8. The molecule has 0 atom stereocenters. The van der Waals surface area contributed by atoms with Gasteiger partial charge >= 0.3 is 0 Å². The van der Waals surface area contributed by atoms with Crippen molar-refractivity contribution in [3.05, 3.63) is 59.7 Å². The maximum atomic E-state index is 13.0. The number of Topliss-reactive ketones (excluding diaryl/α,β-unsaturated/α-hetero) is 2. The van der Waals surface area contributed by atoms with Crippen LogP contribution in [0.1, 0.15) is 219 Å². The third-order valence-corrected chi connectivity index (χ3v) is 12.5. The molecular weight excluding hydrogens is 765 g/mol. The van der Waals surface area contributed by atoms with Crippen LogP contribution in [0.15, 0.2) is 48.5 Å². The third kappa shape index (κ3) is 29.1. The first-order valence-corrected chi connectivity index (χ1v) is 26.3. The zero-order chi connectivity index (χ0) is 44.6. The van der Waals surface area contributed by atoms with E-state index in [-0.39, 0.29) is 24.8 Å². The van der Waals surface area contributed by atoms with Gasteiger partial charge in [-0.15, -0.1) is 0 Å². The summed E-state index contributed by atoms with van der Waals surface area (Å²) >= 11 is 0. The molecule has 62 heavy (non-hydrogen) atoms. The van der Waals surface area contributed by atoms with E-state index in [4.69, 9.17) is 9.47 Å². The molecule has 6 heteroatoms. The number of hydrogen-bond donors (Lipinski definition) is 0. The van der Waals surface area contributed by atoms with Gasteiger partial charge in [0.15, 0.2) is 11.6 Å². The predicted octanol–water partition coefficient (Wildman–Crippen LogP) is 15.1. The van der Waals surface area contributed by atoms with Gasteiger partial charge in [0.05, 0.1) is 13.2 Å². The third-order valence-electron chi connectivity index (χ3n) is 12.5. The minimum absolute atomic E-state index is 0.145. The number of ketones is 2. The molecule has 0 N–H and O–H groups in total. The van der Waals surface area contributed by atoms with Crippen LogP contribution in [0.4, 0.5) is 0 Å². The molecule has 0 amide bonds. The lowest BCUT2D eigenvalue weighted by atomic mass is 9.96. The quantitative estimate of drug-likeness (QED) is 0.0618. The highest BCUT2D eigenvalue weighted by molar-refractivity contribution is 5.80. The molecule has 2 aromatic carbocycles. The van der Waals surface area contributed by atoms with E-state index in [0.717, 1.165) is 74.4 Å². The normalized spacial score (nSPS) is 11.6. The van der Waals surface area contributed by atoms with Crippen LogP contribution in [-0.4, -0.2) is 73.8 Å². The molecule has 0 fully saturated rings. The van der Waals surface area contributed by atoms with Gasteiger partial charge < -0.3 is 19.3 Å². The molecule has 0 heterocycles. The van der Waals surface area contributed by atoms with E-state index in [2.05, 4.69) is 73.9 Å². The van der Waals surface area contributed by atoms with Gasteiger partial charge in [-0.25, -0.2) is 0 Å². The molecule has 0 aliphatic carbocycles. The molecule has 2 aromatic rings. The lowest BCUT2D eigenvalue weighted by Gasteiger charge is -2.22. The number of unbranched alkanes of at least 4 members (excludes halogenated alkanes) is 20. The van der Waals surface area contributed by atoms with Crippen LogP contribution < -0.4 is 0 Å². The fourth-order valence-electron chi connectivity index (χ4n) is 8.65. The zero-order valence-corrected chi connectivity index (χ0v) is 41.0. The van der Waals surface area contributed by atoms with Crippen molar-refractivity contribution in [2.75, 3.05) is 52.5 Å². The van der Waals surface area contributed by atoms with Crippen molar-refractivity contribution >= 4 is 11.6 Å². The van der Waals surface area contributed by atoms with E-state index in [9.17, 15) is 9.59 Å². The van der Waals surface area contributed by atoms with Crippen LogP contribution in [0.5, 0.6) is 0 Å². The Bertz CT molecular complexity index is 1210. The summed E-state index contributed by atoms with van der Waals surface area (Å²) in [5.74, 6) is 0.367. The van der Waals surface area contributed by atoms with Crippen molar-refractivity contribution in [3.63, 3.8) is 0 Å². The van der Waals surface area contributed by atoms with Gasteiger partial charge in [-0.05, 0) is 100 Å². The van der Waals surface area contributed by atoms with Gasteiger partial charge in [-0.2, -0.15) is 0 Å². The molecule has 0 radical (unpaired) electrons. The number of carbonyl (C=O) groups is 2. The molecule has 6 nitrogen and oxygen atoms in total. The summed E-state index contributed by atoms with van der Waals surface area (Å²) in [6.45, 7) is 16.8. The van der Waals surface area contributed by atoms with Crippen molar-refractivity contribution in [1.29, 1.82) is 0 Å². The van der Waals surface area contributed by atoms with Gasteiger partial charge in [0.2, 0.25) is 0 Å². The van der Waals surface area contributed by atoms with Crippen molar-refractivity contribution in [2.45, 2.75) is 221 Å². The van der Waals surface area contributed by atoms with Crippen molar-refractivity contribution in [2.24, 2.45) is 0 Å². The number of hydrogen-bond acceptors (Lipinski definition) is 6. The molecule has 0 saturated carbocycles. The largest absolute Gasteiger partial charge is 0.369 e. The lowest BCUT2D eigenvalue weighted by Crippen LogP contribution is -2.28. The fraction of sp³-hybridized carbons (Fsp3) is 0.750. The van der Waals surface area contributed by atoms with E-state index >= 15 is 0 Å². The van der Waals surface area contributed by atoms with Crippen LogP contribution in [0, 0.1) is 0 Å². The molecule has 0 unspecified atom stereocenters. The van der Waals surface area contributed by atoms with Gasteiger partial charge in [0, 0.05) is 12.8 Å². The molecule has 2 rings (SSSR count). The Kier molecular flexibility index (Phi) is 36.1.